The fourth-order valence-corrected chi connectivity index (χ4v) is 3.09. The molecule has 0 unspecified atom stereocenters. The van der Waals surface area contributed by atoms with Crippen molar-refractivity contribution in [2.24, 2.45) is 5.92 Å². The van der Waals surface area contributed by atoms with Gasteiger partial charge >= 0.3 is 0 Å². The van der Waals surface area contributed by atoms with E-state index in [0.717, 1.165) is 25.0 Å². The van der Waals surface area contributed by atoms with Crippen molar-refractivity contribution in [3.8, 4) is 23.0 Å². The first-order valence-corrected chi connectivity index (χ1v) is 9.08. The van der Waals surface area contributed by atoms with Gasteiger partial charge in [0.25, 0.3) is 0 Å². The summed E-state index contributed by atoms with van der Waals surface area (Å²) >= 11 is 0. The highest BCUT2D eigenvalue weighted by Gasteiger charge is 2.20. The van der Waals surface area contributed by atoms with E-state index in [1.165, 1.54) is 12.1 Å². The van der Waals surface area contributed by atoms with Gasteiger partial charge in [-0.1, -0.05) is 19.3 Å². The molecule has 0 aromatic heterocycles. The minimum absolute atomic E-state index is 0.0339. The van der Waals surface area contributed by atoms with Crippen LogP contribution in [0.4, 0.5) is 17.6 Å². The lowest BCUT2D eigenvalue weighted by molar-refractivity contribution is -0.170. The van der Waals surface area contributed by atoms with Gasteiger partial charge in [-0.3, -0.25) is 0 Å². The Hall–Kier alpha value is -2.36. The topological polar surface area (TPSA) is 18.5 Å². The average molecular weight is 392 g/mol. The van der Waals surface area contributed by atoms with Gasteiger partial charge in [0.2, 0.25) is 6.29 Å². The molecule has 1 saturated heterocycles. The summed E-state index contributed by atoms with van der Waals surface area (Å²) in [6, 6.07) is 4.13. The van der Waals surface area contributed by atoms with Gasteiger partial charge in [-0.15, -0.1) is 0 Å². The number of hydrogen-bond acceptors (Lipinski definition) is 2. The third-order valence-electron chi connectivity index (χ3n) is 4.60. The van der Waals surface area contributed by atoms with Crippen molar-refractivity contribution in [1.82, 2.24) is 0 Å². The van der Waals surface area contributed by atoms with Crippen LogP contribution < -0.4 is 0 Å². The minimum Gasteiger partial charge on any atom is -0.342 e. The highest BCUT2D eigenvalue weighted by atomic mass is 19.2. The van der Waals surface area contributed by atoms with E-state index in [1.54, 1.807) is 6.92 Å². The molecule has 1 aliphatic heterocycles. The van der Waals surface area contributed by atoms with Gasteiger partial charge in [0.15, 0.2) is 17.5 Å². The molecule has 2 aromatic carbocycles. The van der Waals surface area contributed by atoms with Crippen LogP contribution in [0.3, 0.4) is 0 Å². The van der Waals surface area contributed by atoms with Gasteiger partial charge in [0.1, 0.15) is 5.82 Å². The molecule has 148 valence electrons. The lowest BCUT2D eigenvalue weighted by Gasteiger charge is -2.26. The van der Waals surface area contributed by atoms with Crippen molar-refractivity contribution in [3.63, 3.8) is 0 Å². The largest absolute Gasteiger partial charge is 0.342 e. The molecule has 0 amide bonds. The van der Waals surface area contributed by atoms with Crippen LogP contribution >= 0.6 is 0 Å². The fourth-order valence-electron chi connectivity index (χ4n) is 3.09. The molecule has 0 saturated carbocycles. The summed E-state index contributed by atoms with van der Waals surface area (Å²) in [5.74, 6) is 0.972. The van der Waals surface area contributed by atoms with Crippen molar-refractivity contribution in [2.45, 2.75) is 33.0 Å². The minimum atomic E-state index is -1.59. The Bertz CT molecular complexity index is 899. The number of ether oxygens (including phenoxy) is 2. The van der Waals surface area contributed by atoms with E-state index in [2.05, 4.69) is 18.8 Å². The molecule has 1 fully saturated rings. The summed E-state index contributed by atoms with van der Waals surface area (Å²) in [5, 5.41) is 0. The summed E-state index contributed by atoms with van der Waals surface area (Å²) in [4.78, 5) is 0. The number of aryl methyl sites for hydroxylation is 1. The van der Waals surface area contributed by atoms with Crippen LogP contribution in [-0.2, 0) is 9.47 Å². The summed E-state index contributed by atoms with van der Waals surface area (Å²) in [6.07, 6.45) is 1.41. The number of benzene rings is 2. The Balaban J connectivity index is 1.80. The van der Waals surface area contributed by atoms with Gasteiger partial charge in [-0.25, -0.2) is 17.6 Å². The molecular weight excluding hydrogens is 372 g/mol. The molecule has 1 heterocycles. The quantitative estimate of drug-likeness (QED) is 0.398. The first-order chi connectivity index (χ1) is 13.4. The summed E-state index contributed by atoms with van der Waals surface area (Å²) in [6.45, 7) is 4.94. The normalized spacial score (nSPS) is 19.2. The van der Waals surface area contributed by atoms with E-state index in [9.17, 15) is 17.6 Å². The molecule has 3 rings (SSSR count). The van der Waals surface area contributed by atoms with E-state index < -0.39 is 29.6 Å². The Labute approximate surface area is 161 Å². The van der Waals surface area contributed by atoms with E-state index in [-0.39, 0.29) is 11.1 Å². The Kier molecular flexibility index (Phi) is 6.38. The highest BCUT2D eigenvalue weighted by Crippen LogP contribution is 2.28. The van der Waals surface area contributed by atoms with Crippen molar-refractivity contribution >= 4 is 0 Å². The lowest BCUT2D eigenvalue weighted by Crippen LogP contribution is -2.31. The van der Waals surface area contributed by atoms with Crippen LogP contribution in [0.5, 0.6) is 0 Å². The molecule has 1 aliphatic rings. The summed E-state index contributed by atoms with van der Waals surface area (Å²) < 4.78 is 65.7. The predicted octanol–water partition coefficient (Wildman–Crippen LogP) is 5.36. The number of rotatable bonds is 3. The van der Waals surface area contributed by atoms with Crippen molar-refractivity contribution < 1.29 is 27.0 Å². The Morgan fingerprint density at radius 3 is 2.21 bits per heavy atom. The maximum atomic E-state index is 14.5. The molecule has 0 spiro atoms. The molecular formula is C22H20F4O2. The predicted molar refractivity (Wildman–Crippen MR) is 97.4 cm³/mol. The molecule has 0 aliphatic carbocycles. The second kappa shape index (κ2) is 8.76. The first-order valence-electron chi connectivity index (χ1n) is 9.08. The molecule has 6 heteroatoms. The maximum absolute atomic E-state index is 14.5. The molecule has 0 radical (unpaired) electrons. The molecule has 0 atom stereocenters. The van der Waals surface area contributed by atoms with Gasteiger partial charge in [0.05, 0.1) is 13.2 Å². The number of halogens is 4. The molecule has 0 N–H and O–H groups in total. The van der Waals surface area contributed by atoms with Gasteiger partial charge in [-0.05, 0) is 54.7 Å². The monoisotopic (exact) mass is 392 g/mol. The highest BCUT2D eigenvalue weighted by molar-refractivity contribution is 5.67. The van der Waals surface area contributed by atoms with Gasteiger partial charge < -0.3 is 9.47 Å². The first kappa shape index (κ1) is 20.4. The molecule has 2 aromatic rings. The summed E-state index contributed by atoms with van der Waals surface area (Å²) in [7, 11) is 0. The van der Waals surface area contributed by atoms with Crippen LogP contribution in [0, 0.1) is 48.0 Å². The van der Waals surface area contributed by atoms with E-state index in [4.69, 9.17) is 9.47 Å². The van der Waals surface area contributed by atoms with Gasteiger partial charge in [-0.2, -0.15) is 0 Å². The Morgan fingerprint density at radius 1 is 0.964 bits per heavy atom. The zero-order valence-electron chi connectivity index (χ0n) is 15.6. The molecule has 0 bridgehead atoms. The molecule has 28 heavy (non-hydrogen) atoms. The number of hydrogen-bond donors (Lipinski definition) is 0. The fraction of sp³-hybridized carbons (Fsp3) is 0.364. The zero-order chi connectivity index (χ0) is 20.3. The summed E-state index contributed by atoms with van der Waals surface area (Å²) in [5.41, 5.74) is 0.895. The second-order valence-electron chi connectivity index (χ2n) is 6.82. The maximum Gasteiger partial charge on any atom is 0.222 e. The lowest BCUT2D eigenvalue weighted by atomic mass is 9.99. The Morgan fingerprint density at radius 2 is 1.61 bits per heavy atom. The second-order valence-corrected chi connectivity index (χ2v) is 6.82. The zero-order valence-corrected chi connectivity index (χ0v) is 15.6. The van der Waals surface area contributed by atoms with Crippen molar-refractivity contribution in [3.05, 3.63) is 58.7 Å². The van der Waals surface area contributed by atoms with Crippen LogP contribution in [-0.4, -0.2) is 19.5 Å². The van der Waals surface area contributed by atoms with E-state index in [1.807, 2.05) is 0 Å². The van der Waals surface area contributed by atoms with E-state index >= 15 is 0 Å². The third-order valence-corrected chi connectivity index (χ3v) is 4.60. The van der Waals surface area contributed by atoms with E-state index in [0.29, 0.717) is 30.3 Å². The van der Waals surface area contributed by atoms with Crippen molar-refractivity contribution in [1.29, 1.82) is 0 Å². The smallest absolute Gasteiger partial charge is 0.222 e. The van der Waals surface area contributed by atoms with Crippen molar-refractivity contribution in [2.75, 3.05) is 13.2 Å². The van der Waals surface area contributed by atoms with Crippen LogP contribution in [0.25, 0.3) is 11.1 Å². The standard InChI is InChI=1S/C22H20F4O2/c1-3-4-14-11-27-21(28-12-14)6-5-15-8-18(23)17(7-13(15)2)16-9-19(24)22(26)20(25)10-16/h7-10,14,21H,3-4,11-12H2,1-2H3. The van der Waals surface area contributed by atoms with Crippen LogP contribution in [0.2, 0.25) is 0 Å². The third kappa shape index (κ3) is 4.54. The SMILES string of the molecule is CCCC1COC(C#Cc2cc(F)c(-c3cc(F)c(F)c(F)c3)cc2C)OC1. The van der Waals surface area contributed by atoms with Crippen LogP contribution in [0.1, 0.15) is 30.9 Å². The van der Waals surface area contributed by atoms with Crippen LogP contribution in [0.15, 0.2) is 24.3 Å². The van der Waals surface area contributed by atoms with Gasteiger partial charge in [0, 0.05) is 17.0 Å². The average Bonchev–Trinajstić information content (AvgIpc) is 2.67. The molecule has 2 nitrogen and oxygen atoms in total.